The lowest BCUT2D eigenvalue weighted by Crippen LogP contribution is -1.92. The molecule has 0 aliphatic heterocycles. The van der Waals surface area contributed by atoms with E-state index in [1.165, 1.54) is 0 Å². The van der Waals surface area contributed by atoms with Crippen molar-refractivity contribution in [2.45, 2.75) is 13.3 Å². The first-order valence-electron chi connectivity index (χ1n) is 4.68. The smallest absolute Gasteiger partial charge is 0.183 e. The number of rotatable bonds is 2. The molecule has 78 valence electrons. The third-order valence-corrected chi connectivity index (χ3v) is 2.85. The maximum Gasteiger partial charge on any atom is 0.183 e. The van der Waals surface area contributed by atoms with Crippen LogP contribution in [-0.2, 0) is 6.42 Å². The monoisotopic (exact) mass is 266 g/mol. The van der Waals surface area contributed by atoms with Crippen molar-refractivity contribution in [2.24, 2.45) is 0 Å². The van der Waals surface area contributed by atoms with E-state index in [1.54, 1.807) is 0 Å². The normalized spacial score (nSPS) is 10.5. The van der Waals surface area contributed by atoms with Crippen LogP contribution in [-0.4, -0.2) is 15.2 Å². The van der Waals surface area contributed by atoms with E-state index in [0.29, 0.717) is 11.5 Å². The summed E-state index contributed by atoms with van der Waals surface area (Å²) in [6.45, 7) is 2.02. The Morgan fingerprint density at radius 3 is 2.93 bits per heavy atom. The molecule has 2 aromatic rings. The lowest BCUT2D eigenvalue weighted by atomic mass is 10.2. The van der Waals surface area contributed by atoms with Gasteiger partial charge < -0.3 is 5.73 Å². The quantitative estimate of drug-likeness (QED) is 0.821. The van der Waals surface area contributed by atoms with Gasteiger partial charge in [0, 0.05) is 16.5 Å². The summed E-state index contributed by atoms with van der Waals surface area (Å²) in [6.07, 6.45) is 0.834. The van der Waals surface area contributed by atoms with E-state index < -0.39 is 0 Å². The zero-order chi connectivity index (χ0) is 10.8. The van der Waals surface area contributed by atoms with E-state index in [2.05, 4.69) is 31.1 Å². The maximum absolute atomic E-state index is 5.92. The zero-order valence-electron chi connectivity index (χ0n) is 8.29. The fraction of sp³-hybridized carbons (Fsp3) is 0.200. The fourth-order valence-electron chi connectivity index (χ4n) is 1.31. The predicted molar refractivity (Wildman–Crippen MR) is 63.3 cm³/mol. The third kappa shape index (κ3) is 1.87. The topological polar surface area (TPSA) is 67.6 Å². The van der Waals surface area contributed by atoms with Gasteiger partial charge in [-0.25, -0.2) is 4.98 Å². The fourth-order valence-corrected chi connectivity index (χ4v) is 1.67. The van der Waals surface area contributed by atoms with Crippen molar-refractivity contribution in [3.05, 3.63) is 28.5 Å². The number of aromatic amines is 1. The summed E-state index contributed by atoms with van der Waals surface area (Å²) in [5, 5.41) is 6.99. The minimum Gasteiger partial charge on any atom is -0.397 e. The highest BCUT2D eigenvalue weighted by Gasteiger charge is 2.09. The number of hydrogen-bond donors (Lipinski definition) is 2. The highest BCUT2D eigenvalue weighted by Crippen LogP contribution is 2.29. The number of aryl methyl sites for hydroxylation is 1. The SMILES string of the molecule is CCc1nc(-c2cccc(Br)c2N)n[nH]1. The van der Waals surface area contributed by atoms with Crippen LogP contribution in [0.25, 0.3) is 11.4 Å². The predicted octanol–water partition coefficient (Wildman–Crippen LogP) is 2.38. The zero-order valence-corrected chi connectivity index (χ0v) is 9.87. The number of aromatic nitrogens is 3. The van der Waals surface area contributed by atoms with Gasteiger partial charge in [0.25, 0.3) is 0 Å². The van der Waals surface area contributed by atoms with Gasteiger partial charge in [-0.1, -0.05) is 13.0 Å². The molecule has 2 rings (SSSR count). The lowest BCUT2D eigenvalue weighted by Gasteiger charge is -2.02. The Labute approximate surface area is 96.0 Å². The largest absolute Gasteiger partial charge is 0.397 e. The molecule has 15 heavy (non-hydrogen) atoms. The van der Waals surface area contributed by atoms with Crippen LogP contribution >= 0.6 is 15.9 Å². The first-order chi connectivity index (χ1) is 7.22. The van der Waals surface area contributed by atoms with Crippen LogP contribution < -0.4 is 5.73 Å². The van der Waals surface area contributed by atoms with Crippen LogP contribution in [0.2, 0.25) is 0 Å². The number of H-pyrrole nitrogens is 1. The minimum atomic E-state index is 0.644. The number of nitrogens with one attached hydrogen (secondary N) is 1. The van der Waals surface area contributed by atoms with Crippen LogP contribution in [0.15, 0.2) is 22.7 Å². The van der Waals surface area contributed by atoms with E-state index in [9.17, 15) is 0 Å². The van der Waals surface area contributed by atoms with Gasteiger partial charge in [-0.05, 0) is 28.1 Å². The van der Waals surface area contributed by atoms with Crippen LogP contribution in [0.3, 0.4) is 0 Å². The van der Waals surface area contributed by atoms with Crippen molar-refractivity contribution in [2.75, 3.05) is 5.73 Å². The number of nitrogens with zero attached hydrogens (tertiary/aromatic N) is 2. The number of hydrogen-bond acceptors (Lipinski definition) is 3. The van der Waals surface area contributed by atoms with Crippen molar-refractivity contribution < 1.29 is 0 Å². The molecule has 0 bridgehead atoms. The molecule has 0 unspecified atom stereocenters. The number of benzene rings is 1. The highest BCUT2D eigenvalue weighted by molar-refractivity contribution is 9.10. The molecule has 0 amide bonds. The second-order valence-electron chi connectivity index (χ2n) is 3.16. The van der Waals surface area contributed by atoms with Gasteiger partial charge in [0.15, 0.2) is 5.82 Å². The molecule has 0 spiro atoms. The molecule has 1 aromatic carbocycles. The van der Waals surface area contributed by atoms with Crippen LogP contribution in [0.1, 0.15) is 12.7 Å². The van der Waals surface area contributed by atoms with Crippen molar-refractivity contribution >= 4 is 21.6 Å². The minimum absolute atomic E-state index is 0.644. The molecule has 5 heteroatoms. The summed E-state index contributed by atoms with van der Waals surface area (Å²) in [6, 6.07) is 5.71. The second-order valence-corrected chi connectivity index (χ2v) is 4.01. The molecular formula is C10H11BrN4. The van der Waals surface area contributed by atoms with Crippen molar-refractivity contribution in [1.82, 2.24) is 15.2 Å². The average molecular weight is 267 g/mol. The highest BCUT2D eigenvalue weighted by atomic mass is 79.9. The summed E-state index contributed by atoms with van der Waals surface area (Å²) in [4.78, 5) is 4.33. The van der Waals surface area contributed by atoms with Crippen molar-refractivity contribution in [1.29, 1.82) is 0 Å². The Kier molecular flexibility index (Phi) is 2.73. The summed E-state index contributed by atoms with van der Waals surface area (Å²) in [5.41, 5.74) is 7.44. The Hall–Kier alpha value is -1.36. The molecule has 0 fully saturated rings. The summed E-state index contributed by atoms with van der Waals surface area (Å²) < 4.78 is 0.864. The number of anilines is 1. The van der Waals surface area contributed by atoms with E-state index in [-0.39, 0.29) is 0 Å². The molecule has 0 radical (unpaired) electrons. The average Bonchev–Trinajstić information content (AvgIpc) is 2.70. The first-order valence-corrected chi connectivity index (χ1v) is 5.47. The standard InChI is InChI=1S/C10H11BrN4/c1-2-8-13-10(15-14-8)6-4-3-5-7(11)9(6)12/h3-5H,2,12H2,1H3,(H,13,14,15). The van der Waals surface area contributed by atoms with Gasteiger partial charge in [0.05, 0.1) is 5.69 Å². The summed E-state index contributed by atoms with van der Waals surface area (Å²) in [5.74, 6) is 1.51. The van der Waals surface area contributed by atoms with Crippen LogP contribution in [0.4, 0.5) is 5.69 Å². The van der Waals surface area contributed by atoms with E-state index in [4.69, 9.17) is 5.73 Å². The molecule has 4 nitrogen and oxygen atoms in total. The Morgan fingerprint density at radius 2 is 2.27 bits per heavy atom. The number of nitrogen functional groups attached to an aromatic ring is 1. The van der Waals surface area contributed by atoms with Crippen LogP contribution in [0.5, 0.6) is 0 Å². The maximum atomic E-state index is 5.92. The van der Waals surface area contributed by atoms with Crippen molar-refractivity contribution in [3.63, 3.8) is 0 Å². The first kappa shape index (κ1) is 10.2. The summed E-state index contributed by atoms with van der Waals surface area (Å²) in [7, 11) is 0. The lowest BCUT2D eigenvalue weighted by molar-refractivity contribution is 0.946. The molecule has 0 atom stereocenters. The van der Waals surface area contributed by atoms with E-state index >= 15 is 0 Å². The van der Waals surface area contributed by atoms with E-state index in [0.717, 1.165) is 22.3 Å². The summed E-state index contributed by atoms with van der Waals surface area (Å²) >= 11 is 3.38. The molecule has 0 saturated carbocycles. The second kappa shape index (κ2) is 4.02. The molecule has 0 saturated heterocycles. The number of halogens is 1. The van der Waals surface area contributed by atoms with Gasteiger partial charge in [-0.3, -0.25) is 5.10 Å². The van der Waals surface area contributed by atoms with Crippen LogP contribution in [0, 0.1) is 0 Å². The number of para-hydroxylation sites is 1. The third-order valence-electron chi connectivity index (χ3n) is 2.16. The molecule has 0 aliphatic carbocycles. The molecule has 3 N–H and O–H groups in total. The Bertz CT molecular complexity index is 478. The Balaban J connectivity index is 2.49. The molecule has 1 heterocycles. The van der Waals surface area contributed by atoms with Gasteiger partial charge in [0.2, 0.25) is 0 Å². The molecule has 1 aromatic heterocycles. The van der Waals surface area contributed by atoms with Gasteiger partial charge in [-0.2, -0.15) is 5.10 Å². The van der Waals surface area contributed by atoms with E-state index in [1.807, 2.05) is 25.1 Å². The van der Waals surface area contributed by atoms with Crippen molar-refractivity contribution in [3.8, 4) is 11.4 Å². The Morgan fingerprint density at radius 1 is 1.47 bits per heavy atom. The van der Waals surface area contributed by atoms with Gasteiger partial charge >= 0.3 is 0 Å². The van der Waals surface area contributed by atoms with Gasteiger partial charge in [0.1, 0.15) is 5.82 Å². The molecular weight excluding hydrogens is 256 g/mol. The number of nitrogens with two attached hydrogens (primary N) is 1. The molecule has 0 aliphatic rings. The van der Waals surface area contributed by atoms with Gasteiger partial charge in [-0.15, -0.1) is 0 Å².